The summed E-state index contributed by atoms with van der Waals surface area (Å²) in [5.74, 6) is -0.712. The van der Waals surface area contributed by atoms with Gasteiger partial charge in [0.25, 0.3) is 0 Å². The molecule has 1 amide bonds. The summed E-state index contributed by atoms with van der Waals surface area (Å²) in [6.45, 7) is 0.232. The van der Waals surface area contributed by atoms with Gasteiger partial charge in [-0.25, -0.2) is 9.18 Å². The van der Waals surface area contributed by atoms with Gasteiger partial charge in [0, 0.05) is 24.4 Å². The van der Waals surface area contributed by atoms with Crippen molar-refractivity contribution >= 4 is 11.9 Å². The minimum absolute atomic E-state index is 0.00666. The molecule has 0 aliphatic carbocycles. The first-order valence-electron chi connectivity index (χ1n) is 10.3. The molecular formula is C24H23FN2O3. The Balaban J connectivity index is 1.36. The van der Waals surface area contributed by atoms with Gasteiger partial charge in [0.05, 0.1) is 11.6 Å². The lowest BCUT2D eigenvalue weighted by molar-refractivity contribution is -0.124. The Labute approximate surface area is 175 Å². The molecule has 2 bridgehead atoms. The molecule has 2 aliphatic rings. The second kappa shape index (κ2) is 8.66. The number of ether oxygens (including phenoxy) is 1. The number of hydrogen-bond acceptors (Lipinski definition) is 4. The summed E-state index contributed by atoms with van der Waals surface area (Å²) < 4.78 is 19.7. The van der Waals surface area contributed by atoms with E-state index in [1.165, 1.54) is 12.1 Å². The van der Waals surface area contributed by atoms with Crippen LogP contribution < -0.4 is 0 Å². The van der Waals surface area contributed by atoms with E-state index < -0.39 is 5.82 Å². The second-order valence-corrected chi connectivity index (χ2v) is 8.06. The number of nitrogens with zero attached hydrogens (tertiary/aromatic N) is 2. The van der Waals surface area contributed by atoms with Crippen LogP contribution in [0.5, 0.6) is 0 Å². The first-order valence-corrected chi connectivity index (χ1v) is 10.3. The predicted molar refractivity (Wildman–Crippen MR) is 108 cm³/mol. The van der Waals surface area contributed by atoms with Gasteiger partial charge in [-0.2, -0.15) is 5.26 Å². The molecule has 154 valence electrons. The lowest BCUT2D eigenvalue weighted by Crippen LogP contribution is -2.48. The highest BCUT2D eigenvalue weighted by molar-refractivity contribution is 5.84. The van der Waals surface area contributed by atoms with E-state index in [4.69, 9.17) is 10.00 Å². The molecule has 2 atom stereocenters. The molecule has 0 radical (unpaired) electrons. The Bertz CT molecular complexity index is 972. The van der Waals surface area contributed by atoms with Crippen molar-refractivity contribution < 1.29 is 18.7 Å². The predicted octanol–water partition coefficient (Wildman–Crippen LogP) is 4.39. The van der Waals surface area contributed by atoms with Crippen LogP contribution >= 0.6 is 0 Å². The number of piperidine rings is 1. The van der Waals surface area contributed by atoms with Gasteiger partial charge >= 0.3 is 6.09 Å². The molecule has 0 spiro atoms. The number of Topliss-reactive ketones (excluding diaryl/α,β-unsaturated/α-hetero) is 1. The maximum Gasteiger partial charge on any atom is 0.410 e. The SMILES string of the molecule is N#Cc1ccc(CC(=O)C2CC3CCC(C2)N3C(=O)OCc2ccccc2)c(F)c1. The van der Waals surface area contributed by atoms with Gasteiger partial charge in [-0.15, -0.1) is 0 Å². The van der Waals surface area contributed by atoms with Gasteiger partial charge in [-0.1, -0.05) is 36.4 Å². The van der Waals surface area contributed by atoms with Crippen molar-refractivity contribution in [1.82, 2.24) is 4.90 Å². The lowest BCUT2D eigenvalue weighted by atomic mass is 9.85. The van der Waals surface area contributed by atoms with E-state index in [2.05, 4.69) is 0 Å². The number of ketones is 1. The van der Waals surface area contributed by atoms with Crippen LogP contribution in [0.25, 0.3) is 0 Å². The van der Waals surface area contributed by atoms with E-state index in [1.807, 2.05) is 36.4 Å². The Kier molecular flexibility index (Phi) is 5.80. The average molecular weight is 406 g/mol. The third kappa shape index (κ3) is 4.20. The molecule has 2 aromatic rings. The van der Waals surface area contributed by atoms with E-state index in [0.717, 1.165) is 24.5 Å². The van der Waals surface area contributed by atoms with E-state index >= 15 is 0 Å². The van der Waals surface area contributed by atoms with E-state index in [0.29, 0.717) is 18.4 Å². The molecule has 2 aromatic carbocycles. The number of benzene rings is 2. The van der Waals surface area contributed by atoms with Gasteiger partial charge in [-0.05, 0) is 48.9 Å². The van der Waals surface area contributed by atoms with Crippen LogP contribution in [-0.2, 0) is 22.6 Å². The van der Waals surface area contributed by atoms with Gasteiger partial charge in [-0.3, -0.25) is 4.79 Å². The van der Waals surface area contributed by atoms with Gasteiger partial charge in [0.2, 0.25) is 0 Å². The van der Waals surface area contributed by atoms with Gasteiger partial charge in [0.15, 0.2) is 0 Å². The third-order valence-corrected chi connectivity index (χ3v) is 6.15. The summed E-state index contributed by atoms with van der Waals surface area (Å²) in [6.07, 6.45) is 2.59. The number of rotatable bonds is 5. The maximum atomic E-state index is 14.2. The summed E-state index contributed by atoms with van der Waals surface area (Å²) in [5, 5.41) is 8.85. The monoisotopic (exact) mass is 406 g/mol. The second-order valence-electron chi connectivity index (χ2n) is 8.06. The minimum Gasteiger partial charge on any atom is -0.445 e. The highest BCUT2D eigenvalue weighted by Gasteiger charge is 2.45. The quantitative estimate of drug-likeness (QED) is 0.738. The Morgan fingerprint density at radius 3 is 2.43 bits per heavy atom. The van der Waals surface area contributed by atoms with Crippen molar-refractivity contribution in [2.24, 2.45) is 5.92 Å². The summed E-state index contributed by atoms with van der Waals surface area (Å²) >= 11 is 0. The average Bonchev–Trinajstić information content (AvgIpc) is 3.03. The molecule has 0 N–H and O–H groups in total. The van der Waals surface area contributed by atoms with Gasteiger partial charge < -0.3 is 9.64 Å². The third-order valence-electron chi connectivity index (χ3n) is 6.15. The standard InChI is InChI=1S/C24H23FN2O3/c25-22-10-17(14-26)6-7-18(22)13-23(28)19-11-20-8-9-21(12-19)27(20)24(29)30-15-16-4-2-1-3-5-16/h1-7,10,19-21H,8-9,11-13,15H2. The molecule has 2 fully saturated rings. The van der Waals surface area contributed by atoms with Gasteiger partial charge in [0.1, 0.15) is 18.2 Å². The zero-order valence-corrected chi connectivity index (χ0v) is 16.6. The number of nitriles is 1. The number of fused-ring (bicyclic) bond motifs is 2. The van der Waals surface area contributed by atoms with Crippen molar-refractivity contribution in [3.05, 3.63) is 71.0 Å². The molecule has 4 rings (SSSR count). The van der Waals surface area contributed by atoms with E-state index in [9.17, 15) is 14.0 Å². The summed E-state index contributed by atoms with van der Waals surface area (Å²) in [6, 6.07) is 15.6. The number of halogens is 1. The van der Waals surface area contributed by atoms with Crippen LogP contribution in [0.2, 0.25) is 0 Å². The number of amides is 1. The normalized spacial score (nSPS) is 22.4. The van der Waals surface area contributed by atoms with E-state index in [1.54, 1.807) is 4.90 Å². The van der Waals surface area contributed by atoms with Crippen molar-refractivity contribution in [2.45, 2.75) is 50.8 Å². The largest absolute Gasteiger partial charge is 0.445 e. The van der Waals surface area contributed by atoms with Crippen LogP contribution in [0, 0.1) is 23.1 Å². The molecule has 0 saturated carbocycles. The summed E-state index contributed by atoms with van der Waals surface area (Å²) in [7, 11) is 0. The fraction of sp³-hybridized carbons (Fsp3) is 0.375. The molecule has 2 aliphatic heterocycles. The first kappa shape index (κ1) is 20.1. The molecule has 2 heterocycles. The van der Waals surface area contributed by atoms with Crippen LogP contribution in [0.3, 0.4) is 0 Å². The van der Waals surface area contributed by atoms with Crippen molar-refractivity contribution in [2.75, 3.05) is 0 Å². The Morgan fingerprint density at radius 1 is 1.10 bits per heavy atom. The number of carbonyl (C=O) groups excluding carboxylic acids is 2. The maximum absolute atomic E-state index is 14.2. The zero-order valence-electron chi connectivity index (χ0n) is 16.6. The van der Waals surface area contributed by atoms with Crippen molar-refractivity contribution in [1.29, 1.82) is 5.26 Å². The molecule has 2 unspecified atom stereocenters. The van der Waals surface area contributed by atoms with Crippen molar-refractivity contribution in [3.63, 3.8) is 0 Å². The minimum atomic E-state index is -0.521. The molecule has 5 nitrogen and oxygen atoms in total. The highest BCUT2D eigenvalue weighted by atomic mass is 19.1. The van der Waals surface area contributed by atoms with Crippen LogP contribution in [0.15, 0.2) is 48.5 Å². The summed E-state index contributed by atoms with van der Waals surface area (Å²) in [5.41, 5.74) is 1.49. The topological polar surface area (TPSA) is 70.4 Å². The fourth-order valence-corrected chi connectivity index (χ4v) is 4.62. The van der Waals surface area contributed by atoms with Crippen LogP contribution in [-0.4, -0.2) is 28.9 Å². The van der Waals surface area contributed by atoms with E-state index in [-0.39, 0.29) is 48.5 Å². The first-order chi connectivity index (χ1) is 14.5. The van der Waals surface area contributed by atoms with Crippen molar-refractivity contribution in [3.8, 4) is 6.07 Å². The number of carbonyl (C=O) groups is 2. The number of hydrogen-bond donors (Lipinski definition) is 0. The molecule has 2 saturated heterocycles. The molecule has 0 aromatic heterocycles. The smallest absolute Gasteiger partial charge is 0.410 e. The van der Waals surface area contributed by atoms with Crippen LogP contribution in [0.1, 0.15) is 42.4 Å². The summed E-state index contributed by atoms with van der Waals surface area (Å²) in [4.78, 5) is 27.3. The Hall–Kier alpha value is -3.20. The molecule has 6 heteroatoms. The zero-order chi connectivity index (χ0) is 21.1. The fourth-order valence-electron chi connectivity index (χ4n) is 4.62. The molecular weight excluding hydrogens is 383 g/mol. The highest BCUT2D eigenvalue weighted by Crippen LogP contribution is 2.40. The lowest BCUT2D eigenvalue weighted by Gasteiger charge is -2.37. The Morgan fingerprint density at radius 2 is 1.80 bits per heavy atom. The van der Waals surface area contributed by atoms with Crippen LogP contribution in [0.4, 0.5) is 9.18 Å². The molecule has 30 heavy (non-hydrogen) atoms.